The van der Waals surface area contributed by atoms with Gasteiger partial charge in [0.1, 0.15) is 5.69 Å². The van der Waals surface area contributed by atoms with Crippen molar-refractivity contribution in [2.75, 3.05) is 17.2 Å². The van der Waals surface area contributed by atoms with E-state index in [0.717, 1.165) is 17.8 Å². The molecule has 2 rings (SSSR count). The predicted molar refractivity (Wildman–Crippen MR) is 86.7 cm³/mol. The molecule has 0 aliphatic heterocycles. The van der Waals surface area contributed by atoms with E-state index in [4.69, 9.17) is 0 Å². The minimum Gasteiger partial charge on any atom is -0.380 e. The molecule has 0 saturated carbocycles. The molecule has 1 heterocycles. The van der Waals surface area contributed by atoms with Crippen molar-refractivity contribution in [1.29, 1.82) is 0 Å². The summed E-state index contributed by atoms with van der Waals surface area (Å²) in [7, 11) is 0. The molecule has 0 radical (unpaired) electrons. The van der Waals surface area contributed by atoms with Crippen LogP contribution in [0.5, 0.6) is 0 Å². The Balaban J connectivity index is 2.00. The van der Waals surface area contributed by atoms with Crippen molar-refractivity contribution in [3.63, 3.8) is 0 Å². The molecule has 1 amide bonds. The van der Waals surface area contributed by atoms with E-state index in [9.17, 15) is 4.79 Å². The van der Waals surface area contributed by atoms with Crippen LogP contribution in [-0.4, -0.2) is 17.4 Å². The third kappa shape index (κ3) is 4.18. The Hall–Kier alpha value is -2.62. The van der Waals surface area contributed by atoms with Gasteiger partial charge in [-0.1, -0.05) is 25.1 Å². The number of nitrogens with zero attached hydrogens (tertiary/aromatic N) is 1. The summed E-state index contributed by atoms with van der Waals surface area (Å²) in [6, 6.07) is 11.3. The second-order valence-corrected chi connectivity index (χ2v) is 4.61. The number of nitrogens with one attached hydrogen (secondary N) is 2. The number of aromatic nitrogens is 1. The van der Waals surface area contributed by atoms with Crippen LogP contribution in [0, 0.1) is 0 Å². The zero-order chi connectivity index (χ0) is 15.1. The normalized spacial score (nSPS) is 9.95. The first-order valence-corrected chi connectivity index (χ1v) is 6.94. The van der Waals surface area contributed by atoms with Gasteiger partial charge in [0.2, 0.25) is 0 Å². The maximum atomic E-state index is 12.1. The van der Waals surface area contributed by atoms with Gasteiger partial charge in [-0.2, -0.15) is 0 Å². The molecular weight excluding hydrogens is 262 g/mol. The van der Waals surface area contributed by atoms with E-state index in [2.05, 4.69) is 29.1 Å². The lowest BCUT2D eigenvalue weighted by atomic mass is 10.1. The maximum absolute atomic E-state index is 12.1. The molecule has 0 aliphatic rings. The van der Waals surface area contributed by atoms with Gasteiger partial charge in [0, 0.05) is 12.2 Å². The Bertz CT molecular complexity index is 603. The van der Waals surface area contributed by atoms with Crippen LogP contribution in [-0.2, 0) is 6.42 Å². The summed E-state index contributed by atoms with van der Waals surface area (Å²) in [6.45, 7) is 6.39. The van der Waals surface area contributed by atoms with Crippen molar-refractivity contribution in [3.8, 4) is 0 Å². The Morgan fingerprint density at radius 1 is 1.19 bits per heavy atom. The van der Waals surface area contributed by atoms with Crippen molar-refractivity contribution in [2.24, 2.45) is 0 Å². The Kier molecular flexibility index (Phi) is 5.10. The second kappa shape index (κ2) is 7.24. The molecule has 0 saturated heterocycles. The van der Waals surface area contributed by atoms with Crippen molar-refractivity contribution in [1.82, 2.24) is 4.98 Å². The molecule has 0 spiro atoms. The fourth-order valence-electron chi connectivity index (χ4n) is 1.84. The molecule has 0 atom stereocenters. The van der Waals surface area contributed by atoms with Crippen LogP contribution in [0.1, 0.15) is 23.0 Å². The highest BCUT2D eigenvalue weighted by molar-refractivity contribution is 6.02. The van der Waals surface area contributed by atoms with Crippen molar-refractivity contribution in [3.05, 3.63) is 66.5 Å². The van der Waals surface area contributed by atoms with E-state index in [1.807, 2.05) is 30.3 Å². The smallest absolute Gasteiger partial charge is 0.274 e. The van der Waals surface area contributed by atoms with Gasteiger partial charge in [0.25, 0.3) is 5.91 Å². The van der Waals surface area contributed by atoms with E-state index in [-0.39, 0.29) is 5.91 Å². The third-order valence-electron chi connectivity index (χ3n) is 3.07. The molecule has 108 valence electrons. The van der Waals surface area contributed by atoms with Crippen LogP contribution >= 0.6 is 0 Å². The lowest BCUT2D eigenvalue weighted by molar-refractivity contribution is 0.102. The zero-order valence-electron chi connectivity index (χ0n) is 12.1. The van der Waals surface area contributed by atoms with Crippen LogP contribution < -0.4 is 10.6 Å². The Morgan fingerprint density at radius 2 is 1.90 bits per heavy atom. The first-order chi connectivity index (χ1) is 10.2. The van der Waals surface area contributed by atoms with Crippen LogP contribution in [0.3, 0.4) is 0 Å². The average Bonchev–Trinajstić information content (AvgIpc) is 2.54. The molecule has 0 fully saturated rings. The van der Waals surface area contributed by atoms with Crippen LogP contribution in [0.2, 0.25) is 0 Å². The second-order valence-electron chi connectivity index (χ2n) is 4.61. The fraction of sp³-hybridized carbons (Fsp3) is 0.176. The van der Waals surface area contributed by atoms with Gasteiger partial charge in [0.15, 0.2) is 0 Å². The molecule has 1 aromatic heterocycles. The molecule has 4 nitrogen and oxygen atoms in total. The minimum absolute atomic E-state index is 0.213. The summed E-state index contributed by atoms with van der Waals surface area (Å²) in [6.07, 6.45) is 4.38. The van der Waals surface area contributed by atoms with Crippen molar-refractivity contribution in [2.45, 2.75) is 13.3 Å². The van der Waals surface area contributed by atoms with E-state index in [1.165, 1.54) is 5.56 Å². The summed E-state index contributed by atoms with van der Waals surface area (Å²) in [5.41, 5.74) is 3.26. The van der Waals surface area contributed by atoms with E-state index in [1.54, 1.807) is 18.3 Å². The molecule has 0 aliphatic carbocycles. The molecule has 4 heteroatoms. The number of benzene rings is 1. The van der Waals surface area contributed by atoms with Gasteiger partial charge in [0.05, 0.1) is 11.9 Å². The average molecular weight is 281 g/mol. The fourth-order valence-corrected chi connectivity index (χ4v) is 1.84. The number of hydrogen-bond acceptors (Lipinski definition) is 3. The molecule has 0 bridgehead atoms. The highest BCUT2D eigenvalue weighted by atomic mass is 16.1. The Morgan fingerprint density at radius 3 is 2.48 bits per heavy atom. The van der Waals surface area contributed by atoms with Gasteiger partial charge in [-0.25, -0.2) is 4.98 Å². The summed E-state index contributed by atoms with van der Waals surface area (Å²) < 4.78 is 0. The topological polar surface area (TPSA) is 54.0 Å². The van der Waals surface area contributed by atoms with Gasteiger partial charge >= 0.3 is 0 Å². The largest absolute Gasteiger partial charge is 0.380 e. The summed E-state index contributed by atoms with van der Waals surface area (Å²) in [5.74, 6) is -0.213. The van der Waals surface area contributed by atoms with Crippen LogP contribution in [0.15, 0.2) is 55.3 Å². The number of carbonyl (C=O) groups excluding carboxylic acids is 1. The summed E-state index contributed by atoms with van der Waals surface area (Å²) in [5, 5.41) is 5.94. The van der Waals surface area contributed by atoms with E-state index in [0.29, 0.717) is 12.2 Å². The summed E-state index contributed by atoms with van der Waals surface area (Å²) >= 11 is 0. The first-order valence-electron chi connectivity index (χ1n) is 6.94. The van der Waals surface area contributed by atoms with Gasteiger partial charge in [-0.15, -0.1) is 6.58 Å². The minimum atomic E-state index is -0.213. The predicted octanol–water partition coefficient (Wildman–Crippen LogP) is 3.49. The quantitative estimate of drug-likeness (QED) is 0.797. The number of amides is 1. The number of hydrogen-bond donors (Lipinski definition) is 2. The van der Waals surface area contributed by atoms with Crippen molar-refractivity contribution >= 4 is 17.3 Å². The monoisotopic (exact) mass is 281 g/mol. The highest BCUT2D eigenvalue weighted by Crippen LogP contribution is 2.12. The molecule has 21 heavy (non-hydrogen) atoms. The zero-order valence-corrected chi connectivity index (χ0v) is 12.1. The number of aryl methyl sites for hydroxylation is 1. The molecular formula is C17H19N3O. The number of pyridine rings is 1. The first kappa shape index (κ1) is 14.8. The standard InChI is InChI=1S/C17H19N3O/c1-3-11-18-15-9-10-16(19-12-15)17(21)20-14-7-5-13(4-2)6-8-14/h3,5-10,12,18H,1,4,11H2,2H3,(H,20,21). The lowest BCUT2D eigenvalue weighted by Gasteiger charge is -2.07. The maximum Gasteiger partial charge on any atom is 0.274 e. The Labute approximate surface area is 124 Å². The van der Waals surface area contributed by atoms with Crippen LogP contribution in [0.4, 0.5) is 11.4 Å². The molecule has 2 N–H and O–H groups in total. The van der Waals surface area contributed by atoms with Gasteiger partial charge in [-0.3, -0.25) is 4.79 Å². The van der Waals surface area contributed by atoms with Gasteiger partial charge in [-0.05, 0) is 36.2 Å². The van der Waals surface area contributed by atoms with E-state index >= 15 is 0 Å². The number of anilines is 2. The molecule has 1 aromatic carbocycles. The third-order valence-corrected chi connectivity index (χ3v) is 3.07. The number of rotatable bonds is 6. The lowest BCUT2D eigenvalue weighted by Crippen LogP contribution is -2.13. The highest BCUT2D eigenvalue weighted by Gasteiger charge is 2.07. The SMILES string of the molecule is C=CCNc1ccc(C(=O)Nc2ccc(CC)cc2)nc1. The van der Waals surface area contributed by atoms with Gasteiger partial charge < -0.3 is 10.6 Å². The summed E-state index contributed by atoms with van der Waals surface area (Å²) in [4.78, 5) is 16.2. The molecule has 2 aromatic rings. The van der Waals surface area contributed by atoms with Crippen LogP contribution in [0.25, 0.3) is 0 Å². The number of carbonyl (C=O) groups is 1. The van der Waals surface area contributed by atoms with Crippen molar-refractivity contribution < 1.29 is 4.79 Å². The van der Waals surface area contributed by atoms with E-state index < -0.39 is 0 Å². The molecule has 0 unspecified atom stereocenters.